The number of hydrogen-bond acceptors (Lipinski definition) is 5. The minimum absolute atomic E-state index is 0. The van der Waals surface area contributed by atoms with E-state index in [1.807, 2.05) is 0 Å². The van der Waals surface area contributed by atoms with Crippen LogP contribution in [0, 0.1) is 6.92 Å². The average Bonchev–Trinajstić information content (AvgIpc) is 1.94. The number of quaternary nitrogens is 1. The molecule has 0 saturated heterocycles. The predicted molar refractivity (Wildman–Crippen MR) is 60.8 cm³/mol. The molecule has 7 N–H and O–H groups in total. The number of nitrogen functional groups attached to an aromatic ring is 1. The molecule has 5 nitrogen and oxygen atoms in total. The summed E-state index contributed by atoms with van der Waals surface area (Å²) >= 11 is 9.33. The van der Waals surface area contributed by atoms with Gasteiger partial charge in [-0.1, -0.05) is 4.32 Å². The zero-order valence-corrected chi connectivity index (χ0v) is 9.00. The summed E-state index contributed by atoms with van der Waals surface area (Å²) in [7, 11) is 0. The fraction of sp³-hybridized carbons (Fsp3) is 0.167. The molecule has 0 fully saturated rings. The predicted octanol–water partition coefficient (Wildman–Crippen LogP) is 0.987. The summed E-state index contributed by atoms with van der Waals surface area (Å²) in [5.41, 5.74) is 6.11. The molecule has 0 aliphatic heterocycles. The Balaban J connectivity index is 0.00000144. The zero-order chi connectivity index (χ0) is 9.14. The maximum Gasteiger partial charge on any atom is 0.150 e. The molecular weight excluding hydrogens is 206 g/mol. The van der Waals surface area contributed by atoms with E-state index in [9.17, 15) is 0 Å². The van der Waals surface area contributed by atoms with E-state index in [0.29, 0.717) is 17.3 Å². The number of hydrogen-bond donors (Lipinski definition) is 3. The highest BCUT2D eigenvalue weighted by molar-refractivity contribution is 8.00. The van der Waals surface area contributed by atoms with Crippen molar-refractivity contribution >= 4 is 40.7 Å². The summed E-state index contributed by atoms with van der Waals surface area (Å²) in [6.07, 6.45) is 1.55. The largest absolute Gasteiger partial charge is 0.411 e. The van der Waals surface area contributed by atoms with E-state index in [0.717, 1.165) is 0 Å². The van der Waals surface area contributed by atoms with Crippen molar-refractivity contribution in [2.24, 2.45) is 0 Å². The molecule has 1 aromatic rings. The number of anilines is 2. The molecule has 0 bridgehead atoms. The van der Waals surface area contributed by atoms with Gasteiger partial charge in [0.05, 0.1) is 11.9 Å². The first-order valence-corrected chi connectivity index (χ1v) is 3.98. The van der Waals surface area contributed by atoms with Crippen LogP contribution in [-0.4, -0.2) is 14.3 Å². The number of nitrogens with two attached hydrogens (primary N) is 1. The lowest BCUT2D eigenvalue weighted by Crippen LogP contribution is -2.09. The van der Waals surface area contributed by atoms with E-state index >= 15 is 0 Å². The van der Waals surface area contributed by atoms with Gasteiger partial charge in [-0.2, -0.15) is 0 Å². The van der Waals surface area contributed by atoms with Crippen molar-refractivity contribution in [3.63, 3.8) is 0 Å². The fourth-order valence-corrected chi connectivity index (χ4v) is 0.914. The molecule has 72 valence electrons. The lowest BCUT2D eigenvalue weighted by atomic mass is 10.4. The molecular formula is C6H11N5S2. The Morgan fingerprint density at radius 1 is 1.69 bits per heavy atom. The van der Waals surface area contributed by atoms with Gasteiger partial charge in [0.2, 0.25) is 0 Å². The van der Waals surface area contributed by atoms with Crippen molar-refractivity contribution in [3.8, 4) is 0 Å². The Bertz CT molecular complexity index is 314. The second-order valence-corrected chi connectivity index (χ2v) is 3.20. The number of thiocarbonyl (C=S) groups is 1. The smallest absolute Gasteiger partial charge is 0.150 e. The molecule has 0 radical (unpaired) electrons. The van der Waals surface area contributed by atoms with Gasteiger partial charge in [-0.15, -0.1) is 0 Å². The molecule has 0 aromatic carbocycles. The Morgan fingerprint density at radius 3 is 2.77 bits per heavy atom. The van der Waals surface area contributed by atoms with Crippen LogP contribution in [0.25, 0.3) is 0 Å². The molecule has 0 aliphatic carbocycles. The van der Waals surface area contributed by atoms with Crippen LogP contribution >= 0.6 is 12.2 Å². The van der Waals surface area contributed by atoms with Gasteiger partial charge in [-0.25, -0.2) is 9.97 Å². The molecule has 1 aromatic heterocycles. The second-order valence-electron chi connectivity index (χ2n) is 2.13. The number of aryl methyl sites for hydroxylation is 1. The van der Waals surface area contributed by atoms with Gasteiger partial charge < -0.3 is 42.0 Å². The average molecular weight is 217 g/mol. The molecule has 0 amide bonds. The first-order chi connectivity index (χ1) is 5.59. The van der Waals surface area contributed by atoms with Crippen molar-refractivity contribution in [2.75, 3.05) is 11.1 Å². The highest BCUT2D eigenvalue weighted by Crippen LogP contribution is 2.12. The van der Waals surface area contributed by atoms with E-state index < -0.39 is 0 Å². The van der Waals surface area contributed by atoms with Crippen LogP contribution in [0.15, 0.2) is 6.20 Å². The summed E-state index contributed by atoms with van der Waals surface area (Å²) in [4.78, 5) is 7.86. The molecule has 0 aliphatic rings. The van der Waals surface area contributed by atoms with Crippen molar-refractivity contribution in [1.29, 1.82) is 0 Å². The highest BCUT2D eigenvalue weighted by Gasteiger charge is 1.98. The minimum Gasteiger partial charge on any atom is -0.411 e. The van der Waals surface area contributed by atoms with Crippen LogP contribution in [0.5, 0.6) is 0 Å². The van der Waals surface area contributed by atoms with Gasteiger partial charge in [0.25, 0.3) is 0 Å². The molecule has 1 heterocycles. The third-order valence-electron chi connectivity index (χ3n) is 1.18. The van der Waals surface area contributed by atoms with Crippen molar-refractivity contribution in [1.82, 2.24) is 16.1 Å². The van der Waals surface area contributed by atoms with Gasteiger partial charge in [0, 0.05) is 0 Å². The molecule has 0 saturated carbocycles. The molecule has 13 heavy (non-hydrogen) atoms. The molecule has 1 rings (SSSR count). The van der Waals surface area contributed by atoms with Gasteiger partial charge in [0.15, 0.2) is 5.82 Å². The first kappa shape index (κ1) is 11.9. The Morgan fingerprint density at radius 2 is 2.31 bits per heavy atom. The summed E-state index contributed by atoms with van der Waals surface area (Å²) < 4.78 is 0.231. The van der Waals surface area contributed by atoms with Crippen LogP contribution < -0.4 is 17.2 Å². The standard InChI is InChI=1S/C6H8N4S2.H3N/c1-3-8-2-4(5(7)9-3)10-6(11)12;/h2H,1H3,(H2,7,8,9)(H2,10,11,12);1H3. The summed E-state index contributed by atoms with van der Waals surface area (Å²) in [6, 6.07) is 0. The first-order valence-electron chi connectivity index (χ1n) is 3.16. The third kappa shape index (κ3) is 3.45. The van der Waals surface area contributed by atoms with Crippen LogP contribution in [0.3, 0.4) is 0 Å². The SMILES string of the molecule is Cc1ncc(NC(=S)[S-])c(N)n1.[NH4+]. The van der Waals surface area contributed by atoms with E-state index in [2.05, 4.69) is 40.1 Å². The minimum atomic E-state index is 0. The number of nitrogens with one attached hydrogen (secondary N) is 1. The van der Waals surface area contributed by atoms with Gasteiger partial charge >= 0.3 is 0 Å². The van der Waals surface area contributed by atoms with E-state index in [4.69, 9.17) is 5.73 Å². The summed E-state index contributed by atoms with van der Waals surface area (Å²) in [6.45, 7) is 1.76. The molecule has 0 spiro atoms. The van der Waals surface area contributed by atoms with Crippen molar-refractivity contribution < 1.29 is 0 Å². The number of rotatable bonds is 1. The van der Waals surface area contributed by atoms with Crippen LogP contribution in [0.1, 0.15) is 5.82 Å². The Hall–Kier alpha value is -1.05. The van der Waals surface area contributed by atoms with Gasteiger partial charge in [0.1, 0.15) is 5.82 Å². The zero-order valence-electron chi connectivity index (χ0n) is 7.37. The maximum atomic E-state index is 5.55. The fourth-order valence-electron chi connectivity index (χ4n) is 0.694. The van der Waals surface area contributed by atoms with Crippen molar-refractivity contribution in [2.45, 2.75) is 6.92 Å². The van der Waals surface area contributed by atoms with E-state index in [1.54, 1.807) is 13.1 Å². The monoisotopic (exact) mass is 217 g/mol. The second kappa shape index (κ2) is 4.85. The third-order valence-corrected chi connectivity index (χ3v) is 1.38. The number of aromatic nitrogens is 2. The van der Waals surface area contributed by atoms with E-state index in [-0.39, 0.29) is 10.5 Å². The lowest BCUT2D eigenvalue weighted by Gasteiger charge is -2.10. The Kier molecular flexibility index (Phi) is 4.46. The summed E-state index contributed by atoms with van der Waals surface area (Å²) in [5, 5.41) is 2.70. The summed E-state index contributed by atoms with van der Waals surface area (Å²) in [5.74, 6) is 0.975. The van der Waals surface area contributed by atoms with Gasteiger partial charge in [-0.3, -0.25) is 0 Å². The molecule has 7 heteroatoms. The topological polar surface area (TPSA) is 100 Å². The molecule has 0 unspecified atom stereocenters. The van der Waals surface area contributed by atoms with E-state index in [1.165, 1.54) is 0 Å². The normalized spacial score (nSPS) is 8.69. The van der Waals surface area contributed by atoms with Gasteiger partial charge in [-0.05, 0) is 6.92 Å². The molecule has 0 atom stereocenters. The lowest BCUT2D eigenvalue weighted by molar-refractivity contribution is 1.06. The maximum absolute atomic E-state index is 5.55. The van der Waals surface area contributed by atoms with Crippen LogP contribution in [0.2, 0.25) is 0 Å². The van der Waals surface area contributed by atoms with Crippen molar-refractivity contribution in [3.05, 3.63) is 12.0 Å². The Labute approximate surface area is 87.1 Å². The van der Waals surface area contributed by atoms with Crippen LogP contribution in [-0.2, 0) is 12.6 Å². The number of nitrogens with zero attached hydrogens (tertiary/aromatic N) is 2. The quantitative estimate of drug-likeness (QED) is 0.479. The highest BCUT2D eigenvalue weighted by atomic mass is 32.1. The van der Waals surface area contributed by atoms with Crippen LogP contribution in [0.4, 0.5) is 11.5 Å².